The lowest BCUT2D eigenvalue weighted by Crippen LogP contribution is -2.35. The van der Waals surface area contributed by atoms with Crippen LogP contribution in [0, 0.1) is 5.41 Å². The first-order valence-electron chi connectivity index (χ1n) is 9.14. The normalized spacial score (nSPS) is 23.2. The summed E-state index contributed by atoms with van der Waals surface area (Å²) in [7, 11) is 0. The fourth-order valence-corrected chi connectivity index (χ4v) is 3.76. The molecule has 0 bridgehead atoms. The number of nitrogens with one attached hydrogen (secondary N) is 1. The first kappa shape index (κ1) is 16.9. The van der Waals surface area contributed by atoms with E-state index < -0.39 is 0 Å². The van der Waals surface area contributed by atoms with Crippen LogP contribution in [0.3, 0.4) is 0 Å². The summed E-state index contributed by atoms with van der Waals surface area (Å²) < 4.78 is 6.06. The second kappa shape index (κ2) is 7.00. The van der Waals surface area contributed by atoms with Crippen molar-refractivity contribution >= 4 is 16.9 Å². The van der Waals surface area contributed by atoms with E-state index >= 15 is 0 Å². The number of nitrogens with zero attached hydrogens (tertiary/aromatic N) is 2. The zero-order chi connectivity index (χ0) is 18.0. The predicted octanol–water partition coefficient (Wildman–Crippen LogP) is 4.31. The van der Waals surface area contributed by atoms with Gasteiger partial charge in [-0.2, -0.15) is 0 Å². The van der Waals surface area contributed by atoms with Crippen LogP contribution in [0.25, 0.3) is 11.2 Å². The molecule has 4 rings (SSSR count). The molecule has 1 saturated carbocycles. The van der Waals surface area contributed by atoms with E-state index in [-0.39, 0.29) is 17.3 Å². The molecule has 1 aromatic carbocycles. The Morgan fingerprint density at radius 3 is 2.69 bits per heavy atom. The summed E-state index contributed by atoms with van der Waals surface area (Å²) in [6.07, 6.45) is 8.70. The number of fused-ring (bicyclic) bond motifs is 1. The van der Waals surface area contributed by atoms with Crippen molar-refractivity contribution in [3.8, 4) is 0 Å². The number of aromatic nitrogens is 3. The summed E-state index contributed by atoms with van der Waals surface area (Å²) in [4.78, 5) is 24.8. The summed E-state index contributed by atoms with van der Waals surface area (Å²) in [5.41, 5.74) is 2.81. The number of carbonyl (C=O) groups excluding carboxylic acids is 1. The van der Waals surface area contributed by atoms with E-state index in [9.17, 15) is 4.79 Å². The van der Waals surface area contributed by atoms with E-state index in [2.05, 4.69) is 34.0 Å². The Labute approximate surface area is 152 Å². The number of ether oxygens (including phenoxy) is 1. The number of hydrogen-bond acceptors (Lipinski definition) is 4. The van der Waals surface area contributed by atoms with Crippen molar-refractivity contribution in [3.05, 3.63) is 60.0 Å². The van der Waals surface area contributed by atoms with Crippen molar-refractivity contribution in [2.24, 2.45) is 5.41 Å². The first-order chi connectivity index (χ1) is 12.7. The third-order valence-electron chi connectivity index (χ3n) is 5.46. The molecule has 26 heavy (non-hydrogen) atoms. The molecule has 1 N–H and O–H groups in total. The molecule has 0 saturated heterocycles. The van der Waals surface area contributed by atoms with Gasteiger partial charge in [-0.25, -0.2) is 4.98 Å². The predicted molar refractivity (Wildman–Crippen MR) is 99.8 cm³/mol. The Morgan fingerprint density at radius 1 is 1.19 bits per heavy atom. The molecule has 134 valence electrons. The van der Waals surface area contributed by atoms with Gasteiger partial charge >= 0.3 is 0 Å². The van der Waals surface area contributed by atoms with Gasteiger partial charge in [0.05, 0.1) is 18.3 Å². The number of carbonyl (C=O) groups is 1. The number of hydrogen-bond donors (Lipinski definition) is 1. The zero-order valence-electron chi connectivity index (χ0n) is 14.9. The minimum atomic E-state index is -0.362. The van der Waals surface area contributed by atoms with Crippen LogP contribution in [0.4, 0.5) is 0 Å². The van der Waals surface area contributed by atoms with E-state index in [4.69, 9.17) is 4.74 Å². The highest BCUT2D eigenvalue weighted by molar-refractivity contribution is 6.08. The average molecular weight is 349 g/mol. The summed E-state index contributed by atoms with van der Waals surface area (Å²) in [5, 5.41) is 0. The third-order valence-corrected chi connectivity index (χ3v) is 5.46. The van der Waals surface area contributed by atoms with Gasteiger partial charge in [0.2, 0.25) is 0 Å². The number of Topliss-reactive ketones (excluding diaryl/α,β-unsaturated/α-hetero) is 1. The van der Waals surface area contributed by atoms with Crippen LogP contribution in [-0.4, -0.2) is 26.8 Å². The zero-order valence-corrected chi connectivity index (χ0v) is 14.9. The molecular formula is C21H23N3O2. The highest BCUT2D eigenvalue weighted by atomic mass is 16.5. The molecule has 0 aliphatic heterocycles. The summed E-state index contributed by atoms with van der Waals surface area (Å²) in [6, 6.07) is 10.2. The number of ketones is 1. The van der Waals surface area contributed by atoms with E-state index in [0.29, 0.717) is 23.3 Å². The minimum Gasteiger partial charge on any atom is -0.374 e. The molecule has 2 aromatic heterocycles. The SMILES string of the molecule is CC1(C(=O)c2c[nH]c3nccnc23)CCC(OCc2ccccc2)CC1. The molecule has 3 aromatic rings. The van der Waals surface area contributed by atoms with Gasteiger partial charge in [0.1, 0.15) is 5.52 Å². The average Bonchev–Trinajstić information content (AvgIpc) is 3.12. The van der Waals surface area contributed by atoms with E-state index in [1.54, 1.807) is 18.6 Å². The largest absolute Gasteiger partial charge is 0.374 e. The molecule has 0 atom stereocenters. The maximum Gasteiger partial charge on any atom is 0.172 e. The number of rotatable bonds is 5. The maximum atomic E-state index is 13.2. The number of benzene rings is 1. The van der Waals surface area contributed by atoms with E-state index in [1.165, 1.54) is 5.56 Å². The Balaban J connectivity index is 1.40. The topological polar surface area (TPSA) is 67.9 Å². The molecule has 1 aliphatic carbocycles. The van der Waals surface area contributed by atoms with Crippen molar-refractivity contribution in [3.63, 3.8) is 0 Å². The van der Waals surface area contributed by atoms with Crippen LogP contribution >= 0.6 is 0 Å². The Kier molecular flexibility index (Phi) is 4.55. The van der Waals surface area contributed by atoms with Crippen molar-refractivity contribution in [2.45, 2.75) is 45.3 Å². The highest BCUT2D eigenvalue weighted by Gasteiger charge is 2.39. The molecule has 2 heterocycles. The second-order valence-electron chi connectivity index (χ2n) is 7.34. The van der Waals surface area contributed by atoms with Gasteiger partial charge in [0, 0.05) is 24.0 Å². The molecule has 0 spiro atoms. The Hall–Kier alpha value is -2.53. The molecule has 5 heteroatoms. The minimum absolute atomic E-state index is 0.158. The molecule has 0 amide bonds. The lowest BCUT2D eigenvalue weighted by molar-refractivity contribution is -0.00557. The standard InChI is InChI=1S/C21H23N3O2/c1-21(19(25)17-13-24-20-18(17)22-11-12-23-20)9-7-16(8-10-21)26-14-15-5-3-2-4-6-15/h2-6,11-13,16H,7-10,14H2,1H3,(H,23,24). The van der Waals surface area contributed by atoms with Gasteiger partial charge in [0.25, 0.3) is 0 Å². The van der Waals surface area contributed by atoms with Crippen LogP contribution in [0.5, 0.6) is 0 Å². The van der Waals surface area contributed by atoms with Crippen LogP contribution in [-0.2, 0) is 11.3 Å². The summed E-state index contributed by atoms with van der Waals surface area (Å²) >= 11 is 0. The molecule has 1 aliphatic rings. The summed E-state index contributed by atoms with van der Waals surface area (Å²) in [6.45, 7) is 2.70. The van der Waals surface area contributed by atoms with Gasteiger partial charge in [-0.15, -0.1) is 0 Å². The molecular weight excluding hydrogens is 326 g/mol. The lowest BCUT2D eigenvalue weighted by Gasteiger charge is -2.35. The lowest BCUT2D eigenvalue weighted by atomic mass is 9.70. The van der Waals surface area contributed by atoms with Gasteiger partial charge in [-0.05, 0) is 31.2 Å². The Bertz CT molecular complexity index is 896. The molecule has 0 unspecified atom stereocenters. The first-order valence-corrected chi connectivity index (χ1v) is 9.14. The number of H-pyrrole nitrogens is 1. The van der Waals surface area contributed by atoms with Crippen molar-refractivity contribution in [1.29, 1.82) is 0 Å². The van der Waals surface area contributed by atoms with Gasteiger partial charge < -0.3 is 9.72 Å². The van der Waals surface area contributed by atoms with Crippen LogP contribution in [0.1, 0.15) is 48.5 Å². The van der Waals surface area contributed by atoms with Crippen molar-refractivity contribution in [1.82, 2.24) is 15.0 Å². The monoisotopic (exact) mass is 349 g/mol. The molecule has 5 nitrogen and oxygen atoms in total. The fourth-order valence-electron chi connectivity index (χ4n) is 3.76. The third kappa shape index (κ3) is 3.27. The molecule has 1 fully saturated rings. The van der Waals surface area contributed by atoms with E-state index in [0.717, 1.165) is 25.7 Å². The fraction of sp³-hybridized carbons (Fsp3) is 0.381. The Morgan fingerprint density at radius 2 is 1.92 bits per heavy atom. The van der Waals surface area contributed by atoms with Crippen molar-refractivity contribution < 1.29 is 9.53 Å². The summed E-state index contributed by atoms with van der Waals surface area (Å²) in [5.74, 6) is 0.158. The van der Waals surface area contributed by atoms with E-state index in [1.807, 2.05) is 18.2 Å². The smallest absolute Gasteiger partial charge is 0.172 e. The van der Waals surface area contributed by atoms with Gasteiger partial charge in [0.15, 0.2) is 11.4 Å². The quantitative estimate of drug-likeness (QED) is 0.697. The van der Waals surface area contributed by atoms with Crippen LogP contribution in [0.15, 0.2) is 48.9 Å². The van der Waals surface area contributed by atoms with Crippen LogP contribution < -0.4 is 0 Å². The van der Waals surface area contributed by atoms with Gasteiger partial charge in [-0.1, -0.05) is 37.3 Å². The number of aromatic amines is 1. The maximum absolute atomic E-state index is 13.2. The van der Waals surface area contributed by atoms with Crippen molar-refractivity contribution in [2.75, 3.05) is 0 Å². The van der Waals surface area contributed by atoms with Gasteiger partial charge in [-0.3, -0.25) is 9.78 Å². The second-order valence-corrected chi connectivity index (χ2v) is 7.34. The van der Waals surface area contributed by atoms with Crippen LogP contribution in [0.2, 0.25) is 0 Å². The highest BCUT2D eigenvalue weighted by Crippen LogP contribution is 2.40. The molecule has 0 radical (unpaired) electrons.